The summed E-state index contributed by atoms with van der Waals surface area (Å²) in [6.45, 7) is 6.71. The molecule has 2 N–H and O–H groups in total. The van der Waals surface area contributed by atoms with E-state index in [1.165, 1.54) is 0 Å². The van der Waals surface area contributed by atoms with E-state index < -0.39 is 0 Å². The zero-order valence-corrected chi connectivity index (χ0v) is 14.2. The van der Waals surface area contributed by atoms with Gasteiger partial charge in [-0.25, -0.2) is 0 Å². The van der Waals surface area contributed by atoms with Gasteiger partial charge in [0, 0.05) is 31.6 Å². The van der Waals surface area contributed by atoms with Gasteiger partial charge in [0.15, 0.2) is 0 Å². The van der Waals surface area contributed by atoms with Crippen LogP contribution in [0, 0.1) is 19.8 Å². The molecule has 1 saturated carbocycles. The molecule has 1 aromatic heterocycles. The van der Waals surface area contributed by atoms with Gasteiger partial charge in [-0.3, -0.25) is 9.89 Å². The third-order valence-electron chi connectivity index (χ3n) is 4.96. The van der Waals surface area contributed by atoms with Gasteiger partial charge in [-0.1, -0.05) is 19.8 Å². The number of hydrogen-bond donors (Lipinski definition) is 2. The number of H-pyrrole nitrogens is 1. The molecule has 0 radical (unpaired) electrons. The second-order valence-corrected chi connectivity index (χ2v) is 6.84. The summed E-state index contributed by atoms with van der Waals surface area (Å²) in [7, 11) is 1.85. The highest BCUT2D eigenvalue weighted by Crippen LogP contribution is 2.27. The first-order chi connectivity index (χ1) is 10.4. The Bertz CT molecular complexity index is 493. The van der Waals surface area contributed by atoms with E-state index in [2.05, 4.69) is 17.1 Å². The number of aliphatic hydroxyl groups is 1. The van der Waals surface area contributed by atoms with E-state index in [-0.39, 0.29) is 23.8 Å². The first-order valence-electron chi connectivity index (χ1n) is 8.33. The fourth-order valence-corrected chi connectivity index (χ4v) is 3.66. The molecule has 0 saturated heterocycles. The van der Waals surface area contributed by atoms with Crippen LogP contribution in [0.3, 0.4) is 0 Å². The predicted molar refractivity (Wildman–Crippen MR) is 86.7 cm³/mol. The molecule has 5 nitrogen and oxygen atoms in total. The molecule has 0 aromatic carbocycles. The number of aromatic amines is 1. The quantitative estimate of drug-likeness (QED) is 0.878. The largest absolute Gasteiger partial charge is 0.393 e. The van der Waals surface area contributed by atoms with Gasteiger partial charge in [0.1, 0.15) is 0 Å². The molecule has 1 amide bonds. The van der Waals surface area contributed by atoms with Crippen LogP contribution in [0.5, 0.6) is 0 Å². The average Bonchev–Trinajstić information content (AvgIpc) is 2.80. The third kappa shape index (κ3) is 3.88. The number of aromatic nitrogens is 2. The molecule has 0 bridgehead atoms. The molecule has 1 aromatic rings. The Balaban J connectivity index is 1.91. The Morgan fingerprint density at radius 3 is 2.68 bits per heavy atom. The molecule has 1 fully saturated rings. The van der Waals surface area contributed by atoms with Crippen molar-refractivity contribution < 1.29 is 9.90 Å². The lowest BCUT2D eigenvalue weighted by Crippen LogP contribution is -2.38. The monoisotopic (exact) mass is 307 g/mol. The molecule has 2 rings (SSSR count). The van der Waals surface area contributed by atoms with Crippen LogP contribution in [-0.2, 0) is 4.79 Å². The van der Waals surface area contributed by atoms with E-state index >= 15 is 0 Å². The first kappa shape index (κ1) is 17.0. The molecule has 1 aliphatic rings. The average molecular weight is 307 g/mol. The molecule has 1 heterocycles. The van der Waals surface area contributed by atoms with Crippen molar-refractivity contribution in [3.63, 3.8) is 0 Å². The number of aryl methyl sites for hydroxylation is 2. The summed E-state index contributed by atoms with van der Waals surface area (Å²) in [6, 6.07) is 0. The maximum atomic E-state index is 12.5. The van der Waals surface area contributed by atoms with Crippen LogP contribution in [0.2, 0.25) is 0 Å². The number of amides is 1. The lowest BCUT2D eigenvalue weighted by Gasteiger charge is -2.31. The summed E-state index contributed by atoms with van der Waals surface area (Å²) in [5.41, 5.74) is 3.17. The van der Waals surface area contributed by atoms with Crippen LogP contribution >= 0.6 is 0 Å². The summed E-state index contributed by atoms with van der Waals surface area (Å²) in [5, 5.41) is 17.2. The zero-order valence-electron chi connectivity index (χ0n) is 14.2. The number of carbonyl (C=O) groups excluding carboxylic acids is 1. The van der Waals surface area contributed by atoms with Crippen molar-refractivity contribution in [2.24, 2.45) is 5.92 Å². The molecule has 5 heteroatoms. The summed E-state index contributed by atoms with van der Waals surface area (Å²) < 4.78 is 0. The number of hydrogen-bond acceptors (Lipinski definition) is 3. The van der Waals surface area contributed by atoms with Crippen LogP contribution in [0.4, 0.5) is 0 Å². The maximum Gasteiger partial charge on any atom is 0.222 e. The minimum Gasteiger partial charge on any atom is -0.393 e. The molecule has 22 heavy (non-hydrogen) atoms. The molecule has 124 valence electrons. The highest BCUT2D eigenvalue weighted by molar-refractivity contribution is 5.76. The van der Waals surface area contributed by atoms with E-state index in [9.17, 15) is 9.90 Å². The van der Waals surface area contributed by atoms with E-state index in [1.807, 2.05) is 20.9 Å². The van der Waals surface area contributed by atoms with E-state index in [0.29, 0.717) is 13.0 Å². The van der Waals surface area contributed by atoms with Crippen LogP contribution < -0.4 is 0 Å². The molecular weight excluding hydrogens is 278 g/mol. The van der Waals surface area contributed by atoms with Gasteiger partial charge in [-0.05, 0) is 38.2 Å². The van der Waals surface area contributed by atoms with Gasteiger partial charge in [0.2, 0.25) is 5.91 Å². The third-order valence-corrected chi connectivity index (χ3v) is 4.96. The lowest BCUT2D eigenvalue weighted by atomic mass is 9.86. The van der Waals surface area contributed by atoms with Crippen LogP contribution in [0.25, 0.3) is 0 Å². The summed E-state index contributed by atoms with van der Waals surface area (Å²) >= 11 is 0. The topological polar surface area (TPSA) is 69.2 Å². The minimum absolute atomic E-state index is 0.144. The predicted octanol–water partition coefficient (Wildman–Crippen LogP) is 2.53. The number of rotatable bonds is 5. The fraction of sp³-hybridized carbons (Fsp3) is 0.765. The van der Waals surface area contributed by atoms with Crippen LogP contribution in [0.15, 0.2) is 0 Å². The maximum absolute atomic E-state index is 12.5. The highest BCUT2D eigenvalue weighted by atomic mass is 16.3. The van der Waals surface area contributed by atoms with Gasteiger partial charge >= 0.3 is 0 Å². The zero-order chi connectivity index (χ0) is 16.3. The lowest BCUT2D eigenvalue weighted by molar-refractivity contribution is -0.131. The van der Waals surface area contributed by atoms with Gasteiger partial charge in [-0.2, -0.15) is 5.10 Å². The normalized spacial score (nSPS) is 23.3. The molecule has 0 aliphatic heterocycles. The fourth-order valence-electron chi connectivity index (χ4n) is 3.66. The van der Waals surface area contributed by atoms with Crippen molar-refractivity contribution in [2.75, 3.05) is 13.6 Å². The summed E-state index contributed by atoms with van der Waals surface area (Å²) in [4.78, 5) is 14.3. The minimum atomic E-state index is -0.250. The Labute approximate surface area is 133 Å². The Kier molecular flexibility index (Phi) is 5.62. The molecule has 0 spiro atoms. The number of nitrogens with one attached hydrogen (secondary N) is 1. The van der Waals surface area contributed by atoms with Gasteiger partial charge in [0.25, 0.3) is 0 Å². The van der Waals surface area contributed by atoms with Crippen molar-refractivity contribution in [3.05, 3.63) is 17.0 Å². The molecule has 3 atom stereocenters. The van der Waals surface area contributed by atoms with Crippen molar-refractivity contribution in [3.8, 4) is 0 Å². The van der Waals surface area contributed by atoms with E-state index in [1.54, 1.807) is 4.90 Å². The smallest absolute Gasteiger partial charge is 0.222 e. The molecule has 1 aliphatic carbocycles. The van der Waals surface area contributed by atoms with Crippen molar-refractivity contribution in [1.29, 1.82) is 0 Å². The number of carbonyl (C=O) groups is 1. The van der Waals surface area contributed by atoms with E-state index in [4.69, 9.17) is 0 Å². The van der Waals surface area contributed by atoms with Crippen molar-refractivity contribution in [1.82, 2.24) is 15.1 Å². The second-order valence-electron chi connectivity index (χ2n) is 6.84. The van der Waals surface area contributed by atoms with Crippen molar-refractivity contribution in [2.45, 2.75) is 64.9 Å². The highest BCUT2D eigenvalue weighted by Gasteiger charge is 2.26. The molecule has 3 unspecified atom stereocenters. The van der Waals surface area contributed by atoms with Crippen molar-refractivity contribution >= 4 is 5.91 Å². The first-order valence-corrected chi connectivity index (χ1v) is 8.33. The Morgan fingerprint density at radius 2 is 2.09 bits per heavy atom. The summed E-state index contributed by atoms with van der Waals surface area (Å²) in [5.74, 6) is 0.533. The van der Waals surface area contributed by atoms with Gasteiger partial charge < -0.3 is 10.0 Å². The Hall–Kier alpha value is -1.36. The Morgan fingerprint density at radius 1 is 1.41 bits per heavy atom. The second kappa shape index (κ2) is 7.27. The van der Waals surface area contributed by atoms with Crippen LogP contribution in [0.1, 0.15) is 61.9 Å². The van der Waals surface area contributed by atoms with Gasteiger partial charge in [0.05, 0.1) is 11.8 Å². The number of nitrogens with zero attached hydrogens (tertiary/aromatic N) is 2. The summed E-state index contributed by atoms with van der Waals surface area (Å²) in [6.07, 6.45) is 4.39. The van der Waals surface area contributed by atoms with E-state index in [0.717, 1.165) is 42.6 Å². The van der Waals surface area contributed by atoms with Gasteiger partial charge in [-0.15, -0.1) is 0 Å². The molecular formula is C17H29N3O2. The number of aliphatic hydroxyl groups excluding tert-OH is 1. The van der Waals surface area contributed by atoms with Crippen LogP contribution in [-0.4, -0.2) is 45.8 Å². The standard InChI is InChI=1S/C17H29N3O2/c1-11(17-12(2)18-19-13(17)3)9-16(22)20(4)10-14-7-5-6-8-15(14)21/h11,14-15,21H,5-10H2,1-4H3,(H,18,19). The SMILES string of the molecule is Cc1n[nH]c(C)c1C(C)CC(=O)N(C)CC1CCCCC1O.